The molecule has 0 saturated carbocycles. The zero-order valence-electron chi connectivity index (χ0n) is 9.59. The summed E-state index contributed by atoms with van der Waals surface area (Å²) in [7, 11) is 0. The van der Waals surface area contributed by atoms with Gasteiger partial charge in [0.05, 0.1) is 10.2 Å². The minimum absolute atomic E-state index is 0.130. The Labute approximate surface area is 125 Å². The predicted octanol–water partition coefficient (Wildman–Crippen LogP) is 4.65. The van der Waals surface area contributed by atoms with Gasteiger partial charge in [-0.15, -0.1) is 0 Å². The van der Waals surface area contributed by atoms with E-state index in [-0.39, 0.29) is 18.1 Å². The van der Waals surface area contributed by atoms with Crippen molar-refractivity contribution in [3.8, 4) is 5.75 Å². The Morgan fingerprint density at radius 2 is 1.68 bits per heavy atom. The van der Waals surface area contributed by atoms with Gasteiger partial charge >= 0.3 is 0 Å². The smallest absolute Gasteiger partial charge is 0.157 e. The Balaban J connectivity index is 2.19. The number of ether oxygens (including phenoxy) is 1. The zero-order valence-corrected chi connectivity index (χ0v) is 12.8. The van der Waals surface area contributed by atoms with E-state index in [1.165, 1.54) is 24.3 Å². The van der Waals surface area contributed by atoms with Crippen LogP contribution in [0, 0.1) is 11.6 Å². The molecule has 2 aromatic rings. The van der Waals surface area contributed by atoms with Gasteiger partial charge in [0.1, 0.15) is 18.2 Å². The van der Waals surface area contributed by atoms with Crippen LogP contribution in [-0.4, -0.2) is 0 Å². The molecule has 0 bridgehead atoms. The first kappa shape index (κ1) is 14.3. The molecule has 2 rings (SSSR count). The van der Waals surface area contributed by atoms with Crippen molar-refractivity contribution >= 4 is 37.5 Å². The number of hydrogen-bond donors (Lipinski definition) is 1. The molecule has 0 radical (unpaired) electrons. The van der Waals surface area contributed by atoms with Crippen LogP contribution in [0.5, 0.6) is 5.75 Å². The molecule has 2 nitrogen and oxygen atoms in total. The summed E-state index contributed by atoms with van der Waals surface area (Å²) in [5.74, 6) is -0.480. The van der Waals surface area contributed by atoms with E-state index in [0.29, 0.717) is 20.3 Å². The van der Waals surface area contributed by atoms with Crippen molar-refractivity contribution in [3.05, 3.63) is 56.5 Å². The molecule has 0 aromatic heterocycles. The van der Waals surface area contributed by atoms with E-state index in [1.54, 1.807) is 6.07 Å². The van der Waals surface area contributed by atoms with Crippen LogP contribution >= 0.6 is 31.9 Å². The van der Waals surface area contributed by atoms with Crippen molar-refractivity contribution in [1.29, 1.82) is 0 Å². The summed E-state index contributed by atoms with van der Waals surface area (Å²) in [6.07, 6.45) is 0. The quantitative estimate of drug-likeness (QED) is 0.771. The summed E-state index contributed by atoms with van der Waals surface area (Å²) >= 11 is 6.37. The fourth-order valence-corrected chi connectivity index (χ4v) is 2.66. The molecule has 100 valence electrons. The number of rotatable bonds is 3. The molecule has 2 aromatic carbocycles. The molecule has 6 heteroatoms. The standard InChI is InChI=1S/C13H9Br2F2NO/c14-8-1-7(2-9(16)3-8)6-19-13-11(15)4-10(17)5-12(13)18/h1-5H,6,18H2. The van der Waals surface area contributed by atoms with E-state index in [2.05, 4.69) is 31.9 Å². The van der Waals surface area contributed by atoms with Gasteiger partial charge < -0.3 is 10.5 Å². The second-order valence-electron chi connectivity index (χ2n) is 3.87. The number of nitrogen functional groups attached to an aromatic ring is 1. The lowest BCUT2D eigenvalue weighted by molar-refractivity contribution is 0.305. The molecule has 0 saturated heterocycles. The maximum absolute atomic E-state index is 13.2. The van der Waals surface area contributed by atoms with E-state index in [1.807, 2.05) is 0 Å². The van der Waals surface area contributed by atoms with E-state index in [0.717, 1.165) is 0 Å². The third-order valence-corrected chi connectivity index (χ3v) is 3.39. The maximum Gasteiger partial charge on any atom is 0.157 e. The summed E-state index contributed by atoms with van der Waals surface area (Å²) in [6, 6.07) is 6.87. The fraction of sp³-hybridized carbons (Fsp3) is 0.0769. The summed E-state index contributed by atoms with van der Waals surface area (Å²) < 4.78 is 32.8. The number of halogens is 4. The second kappa shape index (κ2) is 5.88. The minimum Gasteiger partial charge on any atom is -0.486 e. The normalized spacial score (nSPS) is 10.5. The molecule has 0 heterocycles. The molecular weight excluding hydrogens is 384 g/mol. The monoisotopic (exact) mass is 391 g/mol. The van der Waals surface area contributed by atoms with E-state index in [4.69, 9.17) is 10.5 Å². The zero-order chi connectivity index (χ0) is 14.0. The van der Waals surface area contributed by atoms with Crippen LogP contribution < -0.4 is 10.5 Å². The first-order chi connectivity index (χ1) is 8.95. The highest BCUT2D eigenvalue weighted by molar-refractivity contribution is 9.10. The highest BCUT2D eigenvalue weighted by atomic mass is 79.9. The second-order valence-corrected chi connectivity index (χ2v) is 5.64. The van der Waals surface area contributed by atoms with Crippen LogP contribution in [0.2, 0.25) is 0 Å². The third kappa shape index (κ3) is 3.67. The Hall–Kier alpha value is -1.14. The molecule has 0 fully saturated rings. The largest absolute Gasteiger partial charge is 0.486 e. The van der Waals surface area contributed by atoms with E-state index >= 15 is 0 Å². The fourth-order valence-electron chi connectivity index (χ4n) is 1.58. The van der Waals surface area contributed by atoms with E-state index < -0.39 is 5.82 Å². The summed E-state index contributed by atoms with van der Waals surface area (Å²) in [4.78, 5) is 0. The van der Waals surface area contributed by atoms with Crippen molar-refractivity contribution in [2.24, 2.45) is 0 Å². The Bertz CT molecular complexity index is 576. The van der Waals surface area contributed by atoms with Crippen LogP contribution in [0.1, 0.15) is 5.56 Å². The van der Waals surface area contributed by atoms with Gasteiger partial charge in [-0.05, 0) is 45.8 Å². The van der Waals surface area contributed by atoms with Crippen LogP contribution in [0.15, 0.2) is 39.3 Å². The van der Waals surface area contributed by atoms with Gasteiger partial charge in [0.25, 0.3) is 0 Å². The number of anilines is 1. The molecule has 2 N–H and O–H groups in total. The Kier molecular flexibility index (Phi) is 4.42. The van der Waals surface area contributed by atoms with Gasteiger partial charge in [-0.1, -0.05) is 15.9 Å². The van der Waals surface area contributed by atoms with Gasteiger partial charge in [0.15, 0.2) is 5.75 Å². The first-order valence-corrected chi connectivity index (χ1v) is 6.86. The van der Waals surface area contributed by atoms with Gasteiger partial charge in [-0.25, -0.2) is 8.78 Å². The van der Waals surface area contributed by atoms with Crippen molar-refractivity contribution < 1.29 is 13.5 Å². The Morgan fingerprint density at radius 3 is 2.32 bits per heavy atom. The molecule has 0 aliphatic carbocycles. The number of nitrogens with two attached hydrogens (primary N) is 1. The van der Waals surface area contributed by atoms with Gasteiger partial charge in [-0.3, -0.25) is 0 Å². The van der Waals surface area contributed by atoms with Crippen molar-refractivity contribution in [3.63, 3.8) is 0 Å². The molecule has 0 aliphatic rings. The summed E-state index contributed by atoms with van der Waals surface area (Å²) in [6.45, 7) is 0.130. The Morgan fingerprint density at radius 1 is 1.00 bits per heavy atom. The lowest BCUT2D eigenvalue weighted by atomic mass is 10.2. The first-order valence-electron chi connectivity index (χ1n) is 5.28. The molecule has 0 aliphatic heterocycles. The predicted molar refractivity (Wildman–Crippen MR) is 76.9 cm³/mol. The van der Waals surface area contributed by atoms with E-state index in [9.17, 15) is 8.78 Å². The van der Waals surface area contributed by atoms with Crippen molar-refractivity contribution in [2.75, 3.05) is 5.73 Å². The van der Waals surface area contributed by atoms with Gasteiger partial charge in [0, 0.05) is 10.5 Å². The average Bonchev–Trinajstić information content (AvgIpc) is 2.25. The number of hydrogen-bond acceptors (Lipinski definition) is 2. The van der Waals surface area contributed by atoms with Crippen LogP contribution in [0.3, 0.4) is 0 Å². The topological polar surface area (TPSA) is 35.2 Å². The van der Waals surface area contributed by atoms with Crippen molar-refractivity contribution in [1.82, 2.24) is 0 Å². The van der Waals surface area contributed by atoms with Gasteiger partial charge in [-0.2, -0.15) is 0 Å². The summed E-state index contributed by atoms with van der Waals surface area (Å²) in [5, 5.41) is 0. The maximum atomic E-state index is 13.2. The summed E-state index contributed by atoms with van der Waals surface area (Å²) in [5.41, 5.74) is 6.49. The van der Waals surface area contributed by atoms with Crippen LogP contribution in [0.4, 0.5) is 14.5 Å². The molecular formula is C13H9Br2F2NO. The molecule has 19 heavy (non-hydrogen) atoms. The lowest BCUT2D eigenvalue weighted by Gasteiger charge is -2.11. The average molecular weight is 393 g/mol. The van der Waals surface area contributed by atoms with Crippen LogP contribution in [0.25, 0.3) is 0 Å². The highest BCUT2D eigenvalue weighted by Crippen LogP contribution is 2.33. The minimum atomic E-state index is -0.453. The third-order valence-electron chi connectivity index (χ3n) is 2.34. The molecule has 0 unspecified atom stereocenters. The lowest BCUT2D eigenvalue weighted by Crippen LogP contribution is -2.01. The van der Waals surface area contributed by atoms with Crippen molar-refractivity contribution in [2.45, 2.75) is 6.61 Å². The highest BCUT2D eigenvalue weighted by Gasteiger charge is 2.09. The molecule has 0 atom stereocenters. The molecule has 0 amide bonds. The number of benzene rings is 2. The SMILES string of the molecule is Nc1cc(F)cc(Br)c1OCc1cc(F)cc(Br)c1. The van der Waals surface area contributed by atoms with Crippen LogP contribution in [-0.2, 0) is 6.61 Å². The molecule has 0 spiro atoms. The van der Waals surface area contributed by atoms with Gasteiger partial charge in [0.2, 0.25) is 0 Å².